The summed E-state index contributed by atoms with van der Waals surface area (Å²) in [5.74, 6) is 0.484. The van der Waals surface area contributed by atoms with E-state index in [4.69, 9.17) is 0 Å². The van der Waals surface area contributed by atoms with Gasteiger partial charge in [-0.25, -0.2) is 0 Å². The highest BCUT2D eigenvalue weighted by Crippen LogP contribution is 2.57. The van der Waals surface area contributed by atoms with Crippen LogP contribution in [0.2, 0.25) is 0 Å². The van der Waals surface area contributed by atoms with E-state index in [1.54, 1.807) is 0 Å². The summed E-state index contributed by atoms with van der Waals surface area (Å²) in [5, 5.41) is 29.5. The number of rotatable bonds is 5. The number of aliphatic hydroxyl groups excluding tert-OH is 2. The first kappa shape index (κ1) is 25.3. The molecule has 0 heterocycles. The van der Waals surface area contributed by atoms with E-state index in [1.165, 1.54) is 17.2 Å². The molecule has 0 radical (unpaired) electrons. The normalized spacial score (nSPS) is 35.5. The Morgan fingerprint density at radius 1 is 1.19 bits per heavy atom. The van der Waals surface area contributed by atoms with Gasteiger partial charge in [0.1, 0.15) is 0 Å². The molecule has 6 heteroatoms. The van der Waals surface area contributed by atoms with Crippen molar-refractivity contribution in [2.75, 3.05) is 0 Å². The van der Waals surface area contributed by atoms with Gasteiger partial charge < -0.3 is 15.3 Å². The molecule has 180 valence electrons. The first-order valence-corrected chi connectivity index (χ1v) is 11.8. The third-order valence-electron chi connectivity index (χ3n) is 7.72. The van der Waals surface area contributed by atoms with Crippen molar-refractivity contribution in [3.63, 3.8) is 0 Å². The molecule has 6 atom stereocenters. The maximum Gasteiger partial charge on any atom is 0.420 e. The smallest absolute Gasteiger partial charge is 0.393 e. The Hall–Kier alpha value is -1.37. The number of allylic oxidation sites excluding steroid dienone is 6. The first-order valence-electron chi connectivity index (χ1n) is 11.8. The summed E-state index contributed by atoms with van der Waals surface area (Å²) in [6, 6.07) is 0. The fraction of sp³-hybridized carbons (Fsp3) is 0.692. The molecule has 3 rings (SSSR count). The Morgan fingerprint density at radius 2 is 1.84 bits per heavy atom. The van der Waals surface area contributed by atoms with Gasteiger partial charge in [0.2, 0.25) is 0 Å². The van der Waals surface area contributed by atoms with Gasteiger partial charge in [0.05, 0.1) is 12.2 Å². The molecule has 0 saturated heterocycles. The van der Waals surface area contributed by atoms with Gasteiger partial charge in [0.15, 0.2) is 5.60 Å². The largest absolute Gasteiger partial charge is 0.420 e. The Balaban J connectivity index is 1.70. The first-order chi connectivity index (χ1) is 14.8. The van der Waals surface area contributed by atoms with Crippen LogP contribution in [-0.2, 0) is 0 Å². The van der Waals surface area contributed by atoms with Crippen LogP contribution in [0.4, 0.5) is 13.2 Å². The highest BCUT2D eigenvalue weighted by molar-refractivity contribution is 5.35. The second kappa shape index (κ2) is 9.47. The van der Waals surface area contributed by atoms with Crippen molar-refractivity contribution in [3.05, 3.63) is 47.1 Å². The molecular weight excluding hydrogens is 417 g/mol. The topological polar surface area (TPSA) is 60.7 Å². The van der Waals surface area contributed by atoms with Crippen molar-refractivity contribution < 1.29 is 28.5 Å². The molecule has 32 heavy (non-hydrogen) atoms. The molecule has 2 saturated carbocycles. The molecule has 0 aromatic heterocycles. The van der Waals surface area contributed by atoms with Gasteiger partial charge in [0.25, 0.3) is 0 Å². The van der Waals surface area contributed by atoms with E-state index in [9.17, 15) is 28.5 Å². The number of hydrogen-bond donors (Lipinski definition) is 3. The second-order valence-corrected chi connectivity index (χ2v) is 10.4. The Labute approximate surface area is 189 Å². The van der Waals surface area contributed by atoms with Crippen LogP contribution in [0, 0.1) is 17.3 Å². The lowest BCUT2D eigenvalue weighted by molar-refractivity contribution is -0.232. The minimum Gasteiger partial charge on any atom is -0.393 e. The molecule has 0 aliphatic heterocycles. The standard InChI is InChI=1S/C26H37F3O3/c1-17(6-4-13-25(3,32)26(27,28)29)22-10-11-23-19(7-5-12-24(22,23)2)9-8-18-14-20(30)16-21(31)15-18/h4,8-10,13,17,20-21,23,30-32H,5-7,11-12,14-16H2,1-3H3/b13-4-,19-9+/t17-,20-,21-,23?,24-,25?/m1/s1. The molecule has 2 unspecified atom stereocenters. The summed E-state index contributed by atoms with van der Waals surface area (Å²) in [6.45, 7) is 5.10. The Kier molecular flexibility index (Phi) is 7.48. The zero-order valence-corrected chi connectivity index (χ0v) is 19.3. The van der Waals surface area contributed by atoms with Gasteiger partial charge in [-0.3, -0.25) is 0 Å². The zero-order valence-electron chi connectivity index (χ0n) is 19.3. The van der Waals surface area contributed by atoms with E-state index in [0.29, 0.717) is 31.6 Å². The van der Waals surface area contributed by atoms with Crippen molar-refractivity contribution in [2.24, 2.45) is 17.3 Å². The Bertz CT molecular complexity index is 794. The average Bonchev–Trinajstić information content (AvgIpc) is 3.02. The summed E-state index contributed by atoms with van der Waals surface area (Å²) in [7, 11) is 0. The highest BCUT2D eigenvalue weighted by atomic mass is 19.4. The summed E-state index contributed by atoms with van der Waals surface area (Å²) >= 11 is 0. The Morgan fingerprint density at radius 3 is 2.47 bits per heavy atom. The number of aliphatic hydroxyl groups is 3. The molecule has 0 amide bonds. The zero-order chi connectivity index (χ0) is 23.7. The lowest BCUT2D eigenvalue weighted by Gasteiger charge is -2.42. The quantitative estimate of drug-likeness (QED) is 0.462. The molecule has 0 aromatic rings. The predicted octanol–water partition coefficient (Wildman–Crippen LogP) is 5.78. The summed E-state index contributed by atoms with van der Waals surface area (Å²) in [4.78, 5) is 0. The van der Waals surface area contributed by atoms with Gasteiger partial charge in [-0.05, 0) is 81.6 Å². The number of alkyl halides is 3. The lowest BCUT2D eigenvalue weighted by Crippen LogP contribution is -2.40. The number of halogens is 3. The highest BCUT2D eigenvalue weighted by Gasteiger charge is 2.48. The van der Waals surface area contributed by atoms with Crippen molar-refractivity contribution >= 4 is 0 Å². The second-order valence-electron chi connectivity index (χ2n) is 10.4. The van der Waals surface area contributed by atoms with Crippen LogP contribution in [0.25, 0.3) is 0 Å². The van der Waals surface area contributed by atoms with Crippen molar-refractivity contribution in [1.29, 1.82) is 0 Å². The monoisotopic (exact) mass is 454 g/mol. The van der Waals surface area contributed by atoms with E-state index < -0.39 is 24.0 Å². The van der Waals surface area contributed by atoms with E-state index in [2.05, 4.69) is 32.1 Å². The fourth-order valence-electron chi connectivity index (χ4n) is 5.87. The molecule has 3 aliphatic carbocycles. The minimum atomic E-state index is -4.68. The molecule has 0 aromatic carbocycles. The maximum absolute atomic E-state index is 12.9. The number of fused-ring (bicyclic) bond motifs is 1. The molecular formula is C26H37F3O3. The van der Waals surface area contributed by atoms with Gasteiger partial charge in [0, 0.05) is 0 Å². The SMILES string of the molecule is C[C@H](C/C=C\C(C)(O)C(F)(F)F)C1=CCC2/C(=C/C=C3C[C@@H](O)C[C@H](O)C3)CCC[C@]12C. The molecule has 3 aliphatic rings. The van der Waals surface area contributed by atoms with Crippen LogP contribution in [0.5, 0.6) is 0 Å². The van der Waals surface area contributed by atoms with Gasteiger partial charge in [-0.15, -0.1) is 0 Å². The van der Waals surface area contributed by atoms with Gasteiger partial charge in [-0.2, -0.15) is 13.2 Å². The fourth-order valence-corrected chi connectivity index (χ4v) is 5.87. The van der Waals surface area contributed by atoms with Crippen LogP contribution >= 0.6 is 0 Å². The third kappa shape index (κ3) is 5.40. The molecule has 3 N–H and O–H groups in total. The van der Waals surface area contributed by atoms with E-state index in [0.717, 1.165) is 44.3 Å². The van der Waals surface area contributed by atoms with Crippen LogP contribution in [-0.4, -0.2) is 39.3 Å². The third-order valence-corrected chi connectivity index (χ3v) is 7.72. The van der Waals surface area contributed by atoms with Crippen LogP contribution in [0.3, 0.4) is 0 Å². The van der Waals surface area contributed by atoms with E-state index >= 15 is 0 Å². The van der Waals surface area contributed by atoms with Crippen LogP contribution < -0.4 is 0 Å². The van der Waals surface area contributed by atoms with Gasteiger partial charge in [-0.1, -0.05) is 54.9 Å². The van der Waals surface area contributed by atoms with Crippen LogP contribution in [0.15, 0.2) is 47.1 Å². The summed E-state index contributed by atoms with van der Waals surface area (Å²) in [6.07, 6.45) is 9.41. The summed E-state index contributed by atoms with van der Waals surface area (Å²) < 4.78 is 38.6. The van der Waals surface area contributed by atoms with Crippen molar-refractivity contribution in [3.8, 4) is 0 Å². The van der Waals surface area contributed by atoms with E-state index in [-0.39, 0.29) is 11.3 Å². The maximum atomic E-state index is 12.9. The predicted molar refractivity (Wildman–Crippen MR) is 120 cm³/mol. The van der Waals surface area contributed by atoms with Crippen molar-refractivity contribution in [1.82, 2.24) is 0 Å². The number of hydrogen-bond acceptors (Lipinski definition) is 3. The minimum absolute atomic E-state index is 0.00597. The average molecular weight is 455 g/mol. The summed E-state index contributed by atoms with van der Waals surface area (Å²) in [5.41, 5.74) is 0.957. The lowest BCUT2D eigenvalue weighted by atomic mass is 9.62. The molecule has 0 bridgehead atoms. The van der Waals surface area contributed by atoms with Gasteiger partial charge >= 0.3 is 6.18 Å². The van der Waals surface area contributed by atoms with Crippen LogP contribution in [0.1, 0.15) is 72.1 Å². The molecule has 3 nitrogen and oxygen atoms in total. The van der Waals surface area contributed by atoms with E-state index in [1.807, 2.05) is 0 Å². The van der Waals surface area contributed by atoms with Crippen molar-refractivity contribution in [2.45, 2.75) is 96.1 Å². The molecule has 0 spiro atoms. The molecule has 2 fully saturated rings.